The van der Waals surface area contributed by atoms with Crippen molar-refractivity contribution in [1.82, 2.24) is 0 Å². The standard InChI is InChI=1S/C23H16F6N2S/c1-4-8-15(17(12-30)31-3)19-20(22(26,27)23(28,29)21(19,24)25)16-11-18(32-13(16)2)14-9-6-5-7-10-14/h5-7,9-11H,4,8H2,1-2H3. The second-order valence-electron chi connectivity index (χ2n) is 7.22. The second kappa shape index (κ2) is 8.14. The zero-order valence-electron chi connectivity index (χ0n) is 16.9. The Balaban J connectivity index is 2.44. The Morgan fingerprint density at radius 1 is 1.09 bits per heavy atom. The van der Waals surface area contributed by atoms with E-state index < -0.39 is 52.2 Å². The Morgan fingerprint density at radius 3 is 2.25 bits per heavy atom. The highest BCUT2D eigenvalue weighted by atomic mass is 32.1. The summed E-state index contributed by atoms with van der Waals surface area (Å²) >= 11 is 1.00. The first-order valence-electron chi connectivity index (χ1n) is 9.51. The molecule has 2 nitrogen and oxygen atoms in total. The van der Waals surface area contributed by atoms with Gasteiger partial charge in [-0.3, -0.25) is 0 Å². The van der Waals surface area contributed by atoms with Crippen LogP contribution in [0.1, 0.15) is 30.2 Å². The fourth-order valence-electron chi connectivity index (χ4n) is 3.72. The van der Waals surface area contributed by atoms with Gasteiger partial charge in [0.05, 0.1) is 12.6 Å². The smallest absolute Gasteiger partial charge is 0.226 e. The van der Waals surface area contributed by atoms with Gasteiger partial charge in [0.2, 0.25) is 0 Å². The van der Waals surface area contributed by atoms with Crippen LogP contribution in [0.2, 0.25) is 0 Å². The van der Waals surface area contributed by atoms with E-state index in [0.717, 1.165) is 11.3 Å². The highest BCUT2D eigenvalue weighted by Crippen LogP contribution is 2.64. The minimum Gasteiger partial charge on any atom is -0.226 e. The molecule has 0 spiro atoms. The molecule has 0 unspecified atom stereocenters. The molecular weight excluding hydrogens is 450 g/mol. The summed E-state index contributed by atoms with van der Waals surface area (Å²) in [6, 6.07) is 11.0. The van der Waals surface area contributed by atoms with E-state index in [1.54, 1.807) is 30.3 Å². The van der Waals surface area contributed by atoms with Crippen molar-refractivity contribution >= 4 is 16.9 Å². The number of rotatable bonds is 5. The van der Waals surface area contributed by atoms with Crippen molar-refractivity contribution in [1.29, 1.82) is 5.26 Å². The normalized spacial score (nSPS) is 19.3. The predicted molar refractivity (Wildman–Crippen MR) is 110 cm³/mol. The van der Waals surface area contributed by atoms with Gasteiger partial charge in [-0.25, -0.2) is 10.1 Å². The number of hydrogen-bond donors (Lipinski definition) is 0. The molecule has 0 bridgehead atoms. The molecule has 3 rings (SSSR count). The SMILES string of the molecule is [C-]#[N+]C(C#N)=C(CCC)C1=C(c2cc(-c3ccccc3)sc2C)C(F)(F)C(F)(F)C1(F)F. The quantitative estimate of drug-likeness (QED) is 0.250. The fraction of sp³-hybridized carbons (Fsp3) is 0.304. The van der Waals surface area contributed by atoms with E-state index in [2.05, 4.69) is 4.85 Å². The van der Waals surface area contributed by atoms with E-state index in [9.17, 15) is 22.8 Å². The second-order valence-corrected chi connectivity index (χ2v) is 8.48. The lowest BCUT2D eigenvalue weighted by Crippen LogP contribution is -2.49. The molecule has 0 aliphatic heterocycles. The van der Waals surface area contributed by atoms with E-state index in [1.807, 2.05) is 0 Å². The Labute approximate surface area is 184 Å². The molecule has 0 saturated carbocycles. The number of halogens is 6. The Kier molecular flexibility index (Phi) is 6.01. The largest absolute Gasteiger partial charge is 0.380 e. The van der Waals surface area contributed by atoms with Gasteiger partial charge in [-0.2, -0.15) is 26.3 Å². The first-order valence-corrected chi connectivity index (χ1v) is 10.3. The molecular formula is C23H16F6N2S. The number of nitrogens with zero attached hydrogens (tertiary/aromatic N) is 2. The minimum atomic E-state index is -5.73. The van der Waals surface area contributed by atoms with Gasteiger partial charge in [0, 0.05) is 20.9 Å². The van der Waals surface area contributed by atoms with Crippen LogP contribution in [-0.4, -0.2) is 17.8 Å². The van der Waals surface area contributed by atoms with Gasteiger partial charge in [-0.05, 0) is 36.1 Å². The molecule has 0 atom stereocenters. The summed E-state index contributed by atoms with van der Waals surface area (Å²) in [6.07, 6.45) is -0.321. The van der Waals surface area contributed by atoms with Crippen molar-refractivity contribution in [3.05, 3.63) is 75.1 Å². The Hall–Kier alpha value is -3.04. The summed E-state index contributed by atoms with van der Waals surface area (Å²) in [4.78, 5) is 3.42. The predicted octanol–water partition coefficient (Wildman–Crippen LogP) is 7.89. The van der Waals surface area contributed by atoms with Gasteiger partial charge in [-0.15, -0.1) is 11.3 Å². The van der Waals surface area contributed by atoms with Crippen molar-refractivity contribution < 1.29 is 26.3 Å². The van der Waals surface area contributed by atoms with Crippen LogP contribution in [0, 0.1) is 24.8 Å². The molecule has 0 N–H and O–H groups in total. The van der Waals surface area contributed by atoms with Crippen molar-refractivity contribution in [3.63, 3.8) is 0 Å². The fourth-order valence-corrected chi connectivity index (χ4v) is 4.75. The highest BCUT2D eigenvalue weighted by Gasteiger charge is 2.80. The average molecular weight is 466 g/mol. The lowest BCUT2D eigenvalue weighted by Gasteiger charge is -2.26. The van der Waals surface area contributed by atoms with E-state index in [4.69, 9.17) is 6.57 Å². The molecule has 32 heavy (non-hydrogen) atoms. The van der Waals surface area contributed by atoms with Crippen LogP contribution in [0.4, 0.5) is 26.3 Å². The number of hydrogen-bond acceptors (Lipinski definition) is 2. The molecule has 2 aromatic rings. The Morgan fingerprint density at radius 2 is 1.72 bits per heavy atom. The molecule has 1 aromatic heterocycles. The number of allylic oxidation sites excluding steroid dienone is 4. The van der Waals surface area contributed by atoms with E-state index >= 15 is 8.78 Å². The maximum atomic E-state index is 15.0. The molecule has 1 heterocycles. The topological polar surface area (TPSA) is 28.1 Å². The minimum absolute atomic E-state index is 0.0813. The summed E-state index contributed by atoms with van der Waals surface area (Å²) in [5.74, 6) is -16.2. The summed E-state index contributed by atoms with van der Waals surface area (Å²) in [5, 5.41) is 9.22. The molecule has 1 aromatic carbocycles. The van der Waals surface area contributed by atoms with Crippen LogP contribution in [-0.2, 0) is 0 Å². The van der Waals surface area contributed by atoms with Crippen molar-refractivity contribution in [2.75, 3.05) is 0 Å². The Bertz CT molecular complexity index is 1180. The third-order valence-electron chi connectivity index (χ3n) is 5.22. The van der Waals surface area contributed by atoms with Crippen LogP contribution in [0.25, 0.3) is 20.9 Å². The molecule has 0 amide bonds. The lowest BCUT2D eigenvalue weighted by atomic mass is 9.91. The number of benzene rings is 1. The summed E-state index contributed by atoms with van der Waals surface area (Å²) in [7, 11) is 0. The van der Waals surface area contributed by atoms with Crippen LogP contribution in [0.3, 0.4) is 0 Å². The van der Waals surface area contributed by atoms with E-state index in [0.29, 0.717) is 10.4 Å². The molecule has 0 fully saturated rings. The van der Waals surface area contributed by atoms with Gasteiger partial charge in [0.25, 0.3) is 5.70 Å². The highest BCUT2D eigenvalue weighted by molar-refractivity contribution is 7.15. The van der Waals surface area contributed by atoms with Gasteiger partial charge < -0.3 is 0 Å². The van der Waals surface area contributed by atoms with Crippen LogP contribution in [0.15, 0.2) is 53.2 Å². The van der Waals surface area contributed by atoms with E-state index in [1.165, 1.54) is 26.0 Å². The van der Waals surface area contributed by atoms with Gasteiger partial charge in [0.15, 0.2) is 0 Å². The third-order valence-corrected chi connectivity index (χ3v) is 6.32. The zero-order valence-corrected chi connectivity index (χ0v) is 17.8. The molecule has 1 aliphatic rings. The summed E-state index contributed by atoms with van der Waals surface area (Å²) in [6.45, 7) is 9.98. The maximum absolute atomic E-state index is 15.0. The molecule has 166 valence electrons. The first kappa shape index (κ1) is 23.6. The number of nitriles is 1. The van der Waals surface area contributed by atoms with Crippen LogP contribution < -0.4 is 0 Å². The van der Waals surface area contributed by atoms with Crippen molar-refractivity contribution in [2.24, 2.45) is 0 Å². The van der Waals surface area contributed by atoms with Crippen LogP contribution >= 0.6 is 11.3 Å². The molecule has 1 aliphatic carbocycles. The van der Waals surface area contributed by atoms with Crippen molar-refractivity contribution in [2.45, 2.75) is 44.5 Å². The monoisotopic (exact) mass is 466 g/mol. The van der Waals surface area contributed by atoms with Crippen molar-refractivity contribution in [3.8, 4) is 16.5 Å². The third kappa shape index (κ3) is 3.32. The van der Waals surface area contributed by atoms with Gasteiger partial charge in [-0.1, -0.05) is 43.7 Å². The summed E-state index contributed by atoms with van der Waals surface area (Å²) < 4.78 is 88.9. The number of alkyl halides is 6. The van der Waals surface area contributed by atoms with E-state index in [-0.39, 0.29) is 11.3 Å². The number of thiophene rings is 1. The van der Waals surface area contributed by atoms with Crippen LogP contribution in [0.5, 0.6) is 0 Å². The first-order chi connectivity index (χ1) is 15.0. The van der Waals surface area contributed by atoms with Gasteiger partial charge >= 0.3 is 17.8 Å². The van der Waals surface area contributed by atoms with Gasteiger partial charge in [0.1, 0.15) is 0 Å². The maximum Gasteiger partial charge on any atom is 0.380 e. The number of aryl methyl sites for hydroxylation is 1. The average Bonchev–Trinajstić information content (AvgIpc) is 3.17. The molecule has 0 radical (unpaired) electrons. The molecule has 0 saturated heterocycles. The lowest BCUT2D eigenvalue weighted by molar-refractivity contribution is -0.259. The molecule has 9 heteroatoms. The summed E-state index contributed by atoms with van der Waals surface area (Å²) in [5.41, 5.74) is -4.65. The zero-order chi connectivity index (χ0) is 23.9.